The maximum absolute atomic E-state index is 12.6. The van der Waals surface area contributed by atoms with Crippen LogP contribution >= 0.6 is 24.0 Å². The van der Waals surface area contributed by atoms with E-state index in [-0.39, 0.29) is 23.9 Å². The SMILES string of the molecule is COc1ccc(C=C2SC(=S)N(CC(=O)NC(C)(C)C)C2=O)cc1OC. The number of rotatable bonds is 5. The van der Waals surface area contributed by atoms with Crippen LogP contribution in [0.5, 0.6) is 11.5 Å². The normalized spacial score (nSPS) is 16.2. The number of thiocarbonyl (C=S) groups is 1. The molecule has 0 atom stereocenters. The first-order chi connectivity index (χ1) is 12.1. The van der Waals surface area contributed by atoms with Crippen molar-refractivity contribution < 1.29 is 19.1 Å². The molecule has 0 saturated carbocycles. The van der Waals surface area contributed by atoms with Gasteiger partial charge < -0.3 is 14.8 Å². The largest absolute Gasteiger partial charge is 0.493 e. The summed E-state index contributed by atoms with van der Waals surface area (Å²) in [6, 6.07) is 5.36. The third-order valence-electron chi connectivity index (χ3n) is 3.40. The molecule has 2 rings (SSSR count). The van der Waals surface area contributed by atoms with Crippen molar-refractivity contribution >= 4 is 46.2 Å². The fourth-order valence-electron chi connectivity index (χ4n) is 2.33. The van der Waals surface area contributed by atoms with Crippen molar-refractivity contribution in [2.45, 2.75) is 26.3 Å². The molecule has 0 radical (unpaired) electrons. The van der Waals surface area contributed by atoms with Crippen LogP contribution in [0.3, 0.4) is 0 Å². The summed E-state index contributed by atoms with van der Waals surface area (Å²) in [6.45, 7) is 5.55. The van der Waals surface area contributed by atoms with Crippen LogP contribution in [-0.4, -0.2) is 47.3 Å². The highest BCUT2D eigenvalue weighted by Crippen LogP contribution is 2.34. The van der Waals surface area contributed by atoms with E-state index in [1.165, 1.54) is 16.7 Å². The van der Waals surface area contributed by atoms with E-state index in [0.717, 1.165) is 5.56 Å². The number of amides is 2. The number of nitrogens with zero attached hydrogens (tertiary/aromatic N) is 1. The van der Waals surface area contributed by atoms with Gasteiger partial charge in [0.05, 0.1) is 19.1 Å². The van der Waals surface area contributed by atoms with Gasteiger partial charge in [-0.05, 0) is 44.5 Å². The second-order valence-electron chi connectivity index (χ2n) is 6.68. The van der Waals surface area contributed by atoms with Gasteiger partial charge in [-0.25, -0.2) is 0 Å². The second kappa shape index (κ2) is 8.09. The van der Waals surface area contributed by atoms with E-state index in [1.54, 1.807) is 32.4 Å². The molecule has 0 aliphatic carbocycles. The van der Waals surface area contributed by atoms with Crippen LogP contribution in [0.2, 0.25) is 0 Å². The Balaban J connectivity index is 2.17. The molecule has 1 aromatic carbocycles. The Morgan fingerprint density at radius 2 is 1.92 bits per heavy atom. The zero-order chi connectivity index (χ0) is 19.5. The fourth-order valence-corrected chi connectivity index (χ4v) is 3.59. The first kappa shape index (κ1) is 20.3. The van der Waals surface area contributed by atoms with Crippen LogP contribution in [0.15, 0.2) is 23.1 Å². The van der Waals surface area contributed by atoms with Crippen molar-refractivity contribution in [2.24, 2.45) is 0 Å². The predicted octanol–water partition coefficient (Wildman–Crippen LogP) is 2.82. The van der Waals surface area contributed by atoms with Gasteiger partial charge in [-0.15, -0.1) is 0 Å². The molecule has 0 bridgehead atoms. The standard InChI is InChI=1S/C18H22N2O4S2/c1-18(2,3)19-15(21)10-20-16(22)14(26-17(20)25)9-11-6-7-12(23-4)13(8-11)24-5/h6-9H,10H2,1-5H3,(H,19,21). The Kier molecular flexibility index (Phi) is 6.30. The Labute approximate surface area is 162 Å². The highest BCUT2D eigenvalue weighted by atomic mass is 32.2. The molecule has 1 heterocycles. The van der Waals surface area contributed by atoms with E-state index in [2.05, 4.69) is 5.32 Å². The molecule has 6 nitrogen and oxygen atoms in total. The first-order valence-electron chi connectivity index (χ1n) is 7.93. The number of benzene rings is 1. The highest BCUT2D eigenvalue weighted by Gasteiger charge is 2.33. The molecule has 2 amide bonds. The molecule has 1 saturated heterocycles. The number of ether oxygens (including phenoxy) is 2. The lowest BCUT2D eigenvalue weighted by Gasteiger charge is -2.22. The molecule has 1 aliphatic rings. The van der Waals surface area contributed by atoms with E-state index in [1.807, 2.05) is 26.8 Å². The summed E-state index contributed by atoms with van der Waals surface area (Å²) in [4.78, 5) is 26.5. The highest BCUT2D eigenvalue weighted by molar-refractivity contribution is 8.26. The Morgan fingerprint density at radius 1 is 1.27 bits per heavy atom. The number of thioether (sulfide) groups is 1. The van der Waals surface area contributed by atoms with Gasteiger partial charge in [-0.3, -0.25) is 14.5 Å². The molecule has 140 valence electrons. The van der Waals surface area contributed by atoms with Gasteiger partial charge in [0, 0.05) is 5.54 Å². The molecule has 8 heteroatoms. The molecule has 1 aliphatic heterocycles. The van der Waals surface area contributed by atoms with Gasteiger partial charge in [0.15, 0.2) is 11.5 Å². The average Bonchev–Trinajstić information content (AvgIpc) is 2.80. The third-order valence-corrected chi connectivity index (χ3v) is 4.77. The summed E-state index contributed by atoms with van der Waals surface area (Å²) in [5.41, 5.74) is 0.412. The number of methoxy groups -OCH3 is 2. The fraction of sp³-hybridized carbons (Fsp3) is 0.389. The number of hydrogen-bond acceptors (Lipinski definition) is 6. The number of carbonyl (C=O) groups excluding carboxylic acids is 2. The maximum Gasteiger partial charge on any atom is 0.266 e. The summed E-state index contributed by atoms with van der Waals surface area (Å²) >= 11 is 6.44. The van der Waals surface area contributed by atoms with Crippen LogP contribution in [0.25, 0.3) is 6.08 Å². The lowest BCUT2D eigenvalue weighted by atomic mass is 10.1. The lowest BCUT2D eigenvalue weighted by Crippen LogP contribution is -2.46. The minimum absolute atomic E-state index is 0.0921. The quantitative estimate of drug-likeness (QED) is 0.612. The van der Waals surface area contributed by atoms with Crippen LogP contribution in [0.4, 0.5) is 0 Å². The molecule has 0 aromatic heterocycles. The van der Waals surface area contributed by atoms with Crippen LogP contribution in [0, 0.1) is 0 Å². The van der Waals surface area contributed by atoms with Gasteiger partial charge in [-0.2, -0.15) is 0 Å². The summed E-state index contributed by atoms with van der Waals surface area (Å²) in [6.07, 6.45) is 1.73. The molecule has 1 N–H and O–H groups in total. The van der Waals surface area contributed by atoms with Crippen molar-refractivity contribution in [3.8, 4) is 11.5 Å². The van der Waals surface area contributed by atoms with Gasteiger partial charge in [-0.1, -0.05) is 30.0 Å². The minimum atomic E-state index is -0.368. The van der Waals surface area contributed by atoms with E-state index in [9.17, 15) is 9.59 Å². The lowest BCUT2D eigenvalue weighted by molar-refractivity contribution is -0.129. The molecule has 1 fully saturated rings. The van der Waals surface area contributed by atoms with Crippen molar-refractivity contribution in [3.63, 3.8) is 0 Å². The van der Waals surface area contributed by atoms with E-state index in [0.29, 0.717) is 20.7 Å². The van der Waals surface area contributed by atoms with Crippen molar-refractivity contribution in [2.75, 3.05) is 20.8 Å². The number of carbonyl (C=O) groups is 2. The summed E-state index contributed by atoms with van der Waals surface area (Å²) in [5.74, 6) is 0.650. The second-order valence-corrected chi connectivity index (χ2v) is 8.36. The molecule has 0 unspecified atom stereocenters. The van der Waals surface area contributed by atoms with Crippen molar-refractivity contribution in [1.82, 2.24) is 10.2 Å². The molecule has 1 aromatic rings. The number of hydrogen-bond donors (Lipinski definition) is 1. The van der Waals surface area contributed by atoms with Gasteiger partial charge in [0.2, 0.25) is 5.91 Å². The maximum atomic E-state index is 12.6. The van der Waals surface area contributed by atoms with Gasteiger partial charge in [0.1, 0.15) is 10.9 Å². The zero-order valence-electron chi connectivity index (χ0n) is 15.4. The van der Waals surface area contributed by atoms with Crippen LogP contribution < -0.4 is 14.8 Å². The summed E-state index contributed by atoms with van der Waals surface area (Å²) < 4.78 is 10.8. The molecular formula is C18H22N2O4S2. The van der Waals surface area contributed by atoms with E-state index < -0.39 is 0 Å². The number of nitrogens with one attached hydrogen (secondary N) is 1. The van der Waals surface area contributed by atoms with Crippen molar-refractivity contribution in [3.05, 3.63) is 28.7 Å². The Bertz CT molecular complexity index is 769. The molecule has 0 spiro atoms. The zero-order valence-corrected chi connectivity index (χ0v) is 17.0. The monoisotopic (exact) mass is 394 g/mol. The first-order valence-corrected chi connectivity index (χ1v) is 9.15. The van der Waals surface area contributed by atoms with E-state index >= 15 is 0 Å². The van der Waals surface area contributed by atoms with Gasteiger partial charge >= 0.3 is 0 Å². The Morgan fingerprint density at radius 3 is 2.50 bits per heavy atom. The van der Waals surface area contributed by atoms with Crippen LogP contribution in [-0.2, 0) is 9.59 Å². The molecule has 26 heavy (non-hydrogen) atoms. The molecular weight excluding hydrogens is 372 g/mol. The smallest absolute Gasteiger partial charge is 0.266 e. The summed E-state index contributed by atoms with van der Waals surface area (Å²) in [7, 11) is 3.11. The van der Waals surface area contributed by atoms with Gasteiger partial charge in [0.25, 0.3) is 5.91 Å². The summed E-state index contributed by atoms with van der Waals surface area (Å²) in [5, 5.41) is 2.83. The van der Waals surface area contributed by atoms with E-state index in [4.69, 9.17) is 21.7 Å². The van der Waals surface area contributed by atoms with Crippen molar-refractivity contribution in [1.29, 1.82) is 0 Å². The topological polar surface area (TPSA) is 67.9 Å². The average molecular weight is 395 g/mol. The third kappa shape index (κ3) is 4.98. The predicted molar refractivity (Wildman–Crippen MR) is 107 cm³/mol. The van der Waals surface area contributed by atoms with Crippen LogP contribution in [0.1, 0.15) is 26.3 Å². The Hall–Kier alpha value is -2.06. The minimum Gasteiger partial charge on any atom is -0.493 e.